The average Bonchev–Trinajstić information content (AvgIpc) is 2.59. The molecule has 1 atom stereocenters. The van der Waals surface area contributed by atoms with Gasteiger partial charge in [-0.3, -0.25) is 4.98 Å². The maximum absolute atomic E-state index is 11.8. The summed E-state index contributed by atoms with van der Waals surface area (Å²) in [4.78, 5) is 15.8. The van der Waals surface area contributed by atoms with E-state index in [1.165, 1.54) is 0 Å². The van der Waals surface area contributed by atoms with Crippen LogP contribution in [0, 0.1) is 0 Å². The van der Waals surface area contributed by atoms with Crippen molar-refractivity contribution >= 4 is 6.03 Å². The van der Waals surface area contributed by atoms with Crippen LogP contribution in [0.15, 0.2) is 48.8 Å². The number of benzene rings is 1. The van der Waals surface area contributed by atoms with E-state index in [0.29, 0.717) is 25.4 Å². The minimum absolute atomic E-state index is 0.195. The van der Waals surface area contributed by atoms with Crippen molar-refractivity contribution in [2.24, 2.45) is 0 Å². The fourth-order valence-electron chi connectivity index (χ4n) is 2.12. The van der Waals surface area contributed by atoms with E-state index in [9.17, 15) is 4.79 Å². The molecule has 0 spiro atoms. The lowest BCUT2D eigenvalue weighted by atomic mass is 10.2. The molecule has 6 nitrogen and oxygen atoms in total. The van der Waals surface area contributed by atoms with Gasteiger partial charge in [-0.25, -0.2) is 4.79 Å². The average molecular weight is 299 g/mol. The van der Waals surface area contributed by atoms with E-state index in [0.717, 1.165) is 11.3 Å². The lowest BCUT2D eigenvalue weighted by Gasteiger charge is -2.26. The minimum atomic E-state index is -0.244. The number of ether oxygens (including phenoxy) is 2. The number of nitrogens with one attached hydrogen (secondary N) is 2. The van der Waals surface area contributed by atoms with E-state index in [-0.39, 0.29) is 12.1 Å². The van der Waals surface area contributed by atoms with E-state index in [1.54, 1.807) is 12.4 Å². The van der Waals surface area contributed by atoms with Gasteiger partial charge in [-0.1, -0.05) is 18.2 Å². The number of rotatable bonds is 4. The summed E-state index contributed by atoms with van der Waals surface area (Å²) in [5, 5.41) is 5.55. The molecule has 2 amide bonds. The van der Waals surface area contributed by atoms with Gasteiger partial charge < -0.3 is 20.1 Å². The monoisotopic (exact) mass is 299 g/mol. The number of para-hydroxylation sites is 2. The second kappa shape index (κ2) is 6.80. The molecule has 2 aromatic rings. The van der Waals surface area contributed by atoms with Gasteiger partial charge in [-0.05, 0) is 23.8 Å². The number of amides is 2. The van der Waals surface area contributed by atoms with E-state index in [4.69, 9.17) is 9.47 Å². The first kappa shape index (κ1) is 14.2. The lowest BCUT2D eigenvalue weighted by molar-refractivity contribution is 0.0918. The van der Waals surface area contributed by atoms with Gasteiger partial charge in [0.2, 0.25) is 0 Å². The summed E-state index contributed by atoms with van der Waals surface area (Å²) in [5.74, 6) is 1.44. The van der Waals surface area contributed by atoms with Crippen LogP contribution in [-0.4, -0.2) is 30.3 Å². The van der Waals surface area contributed by atoms with Crippen molar-refractivity contribution in [2.45, 2.75) is 12.6 Å². The molecule has 1 aromatic heterocycles. The first-order valence-corrected chi connectivity index (χ1v) is 7.10. The molecular formula is C16H17N3O3. The van der Waals surface area contributed by atoms with Crippen LogP contribution >= 0.6 is 0 Å². The van der Waals surface area contributed by atoms with Crippen LogP contribution in [0.5, 0.6) is 11.5 Å². The number of urea groups is 1. The van der Waals surface area contributed by atoms with Crippen LogP contribution in [0.4, 0.5) is 4.79 Å². The van der Waals surface area contributed by atoms with E-state index >= 15 is 0 Å². The molecule has 1 aliphatic rings. The standard InChI is InChI=1S/C16H17N3O3/c20-16(18-9-12-4-3-7-17-8-12)19-10-13-11-21-14-5-1-2-6-15(14)22-13/h1-8,13H,9-11H2,(H2,18,19,20)/t13-/m1/s1. The molecular weight excluding hydrogens is 282 g/mol. The number of nitrogens with zero attached hydrogens (tertiary/aromatic N) is 1. The summed E-state index contributed by atoms with van der Waals surface area (Å²) in [5.41, 5.74) is 0.948. The number of aromatic nitrogens is 1. The molecule has 2 heterocycles. The van der Waals surface area contributed by atoms with Gasteiger partial charge in [0.15, 0.2) is 17.6 Å². The van der Waals surface area contributed by atoms with Crippen LogP contribution in [0.1, 0.15) is 5.56 Å². The third kappa shape index (κ3) is 3.66. The number of fused-ring (bicyclic) bond motifs is 1. The van der Waals surface area contributed by atoms with E-state index in [2.05, 4.69) is 15.6 Å². The Morgan fingerprint density at radius 1 is 1.18 bits per heavy atom. The van der Waals surface area contributed by atoms with E-state index < -0.39 is 0 Å². The van der Waals surface area contributed by atoms with Gasteiger partial charge in [-0.2, -0.15) is 0 Å². The zero-order chi connectivity index (χ0) is 15.2. The van der Waals surface area contributed by atoms with Crippen molar-refractivity contribution in [1.82, 2.24) is 15.6 Å². The zero-order valence-corrected chi connectivity index (χ0v) is 12.0. The molecule has 0 fully saturated rings. The van der Waals surface area contributed by atoms with Gasteiger partial charge >= 0.3 is 6.03 Å². The van der Waals surface area contributed by atoms with Crippen molar-refractivity contribution < 1.29 is 14.3 Å². The van der Waals surface area contributed by atoms with Crippen LogP contribution in [0.2, 0.25) is 0 Å². The highest BCUT2D eigenvalue weighted by molar-refractivity contribution is 5.73. The summed E-state index contributed by atoms with van der Waals surface area (Å²) in [6.07, 6.45) is 3.22. The second-order valence-electron chi connectivity index (χ2n) is 4.92. The molecule has 1 aromatic carbocycles. The van der Waals surface area contributed by atoms with Gasteiger partial charge in [0.05, 0.1) is 6.54 Å². The molecule has 22 heavy (non-hydrogen) atoms. The minimum Gasteiger partial charge on any atom is -0.486 e. The van der Waals surface area contributed by atoms with Crippen LogP contribution < -0.4 is 20.1 Å². The van der Waals surface area contributed by atoms with Gasteiger partial charge in [0.25, 0.3) is 0 Å². The van der Waals surface area contributed by atoms with Crippen LogP contribution in [0.25, 0.3) is 0 Å². The van der Waals surface area contributed by atoms with Crippen molar-refractivity contribution in [3.8, 4) is 11.5 Å². The molecule has 0 saturated heterocycles. The molecule has 6 heteroatoms. The Balaban J connectivity index is 1.42. The van der Waals surface area contributed by atoms with Gasteiger partial charge in [-0.15, -0.1) is 0 Å². The third-order valence-corrected chi connectivity index (χ3v) is 3.23. The van der Waals surface area contributed by atoms with Crippen LogP contribution in [-0.2, 0) is 6.54 Å². The smallest absolute Gasteiger partial charge is 0.315 e. The maximum atomic E-state index is 11.8. The Bertz CT molecular complexity index is 634. The van der Waals surface area contributed by atoms with Crippen LogP contribution in [0.3, 0.4) is 0 Å². The largest absolute Gasteiger partial charge is 0.486 e. The summed E-state index contributed by atoms with van der Waals surface area (Å²) in [7, 11) is 0. The summed E-state index contributed by atoms with van der Waals surface area (Å²) >= 11 is 0. The predicted octanol–water partition coefficient (Wildman–Crippen LogP) is 1.72. The van der Waals surface area contributed by atoms with Crippen molar-refractivity contribution in [2.75, 3.05) is 13.2 Å². The molecule has 3 rings (SSSR count). The number of carbonyl (C=O) groups is 1. The maximum Gasteiger partial charge on any atom is 0.315 e. The Labute approximate surface area is 128 Å². The number of hydrogen-bond donors (Lipinski definition) is 2. The highest BCUT2D eigenvalue weighted by Crippen LogP contribution is 2.30. The van der Waals surface area contributed by atoms with Crippen molar-refractivity contribution in [1.29, 1.82) is 0 Å². The topological polar surface area (TPSA) is 72.5 Å². The quantitative estimate of drug-likeness (QED) is 0.901. The third-order valence-electron chi connectivity index (χ3n) is 3.23. The zero-order valence-electron chi connectivity index (χ0n) is 12.0. The first-order valence-electron chi connectivity index (χ1n) is 7.10. The summed E-state index contributed by atoms with van der Waals surface area (Å²) < 4.78 is 11.4. The number of pyridine rings is 1. The highest BCUT2D eigenvalue weighted by atomic mass is 16.6. The normalized spacial score (nSPS) is 15.9. The molecule has 0 unspecified atom stereocenters. The highest BCUT2D eigenvalue weighted by Gasteiger charge is 2.20. The molecule has 0 aliphatic carbocycles. The number of carbonyl (C=O) groups excluding carboxylic acids is 1. The molecule has 1 aliphatic heterocycles. The number of hydrogen-bond acceptors (Lipinski definition) is 4. The molecule has 0 bridgehead atoms. The van der Waals surface area contributed by atoms with Gasteiger partial charge in [0.1, 0.15) is 6.61 Å². The fraction of sp³-hybridized carbons (Fsp3) is 0.250. The molecule has 114 valence electrons. The molecule has 2 N–H and O–H groups in total. The Hall–Kier alpha value is -2.76. The Morgan fingerprint density at radius 2 is 2.05 bits per heavy atom. The van der Waals surface area contributed by atoms with Crippen molar-refractivity contribution in [3.05, 3.63) is 54.4 Å². The predicted molar refractivity (Wildman–Crippen MR) is 80.8 cm³/mol. The lowest BCUT2D eigenvalue weighted by Crippen LogP contribution is -2.44. The van der Waals surface area contributed by atoms with E-state index in [1.807, 2.05) is 36.4 Å². The van der Waals surface area contributed by atoms with Gasteiger partial charge in [0, 0.05) is 18.9 Å². The SMILES string of the molecule is O=C(NCc1cccnc1)NC[C@@H]1COc2ccccc2O1. The summed E-state index contributed by atoms with van der Waals surface area (Å²) in [6.45, 7) is 1.23. The van der Waals surface area contributed by atoms with Crippen molar-refractivity contribution in [3.63, 3.8) is 0 Å². The summed E-state index contributed by atoms with van der Waals surface area (Å²) in [6, 6.07) is 11.0. The Kier molecular flexibility index (Phi) is 4.38. The second-order valence-corrected chi connectivity index (χ2v) is 4.92. The fourth-order valence-corrected chi connectivity index (χ4v) is 2.12. The molecule has 0 saturated carbocycles. The Morgan fingerprint density at radius 3 is 2.86 bits per heavy atom. The molecule has 0 radical (unpaired) electrons. The first-order chi connectivity index (χ1) is 10.8.